The van der Waals surface area contributed by atoms with Crippen LogP contribution in [0.2, 0.25) is 0 Å². The predicted octanol–water partition coefficient (Wildman–Crippen LogP) is 6.00. The van der Waals surface area contributed by atoms with Gasteiger partial charge in [0.2, 0.25) is 5.56 Å². The summed E-state index contributed by atoms with van der Waals surface area (Å²) in [6.45, 7) is 2.14. The van der Waals surface area contributed by atoms with Crippen LogP contribution >= 0.6 is 0 Å². The van der Waals surface area contributed by atoms with E-state index in [1.54, 1.807) is 6.08 Å². The van der Waals surface area contributed by atoms with Crippen LogP contribution in [0.3, 0.4) is 0 Å². The van der Waals surface area contributed by atoms with Crippen LogP contribution in [0.4, 0.5) is 0 Å². The normalized spacial score (nSPS) is 12.2. The van der Waals surface area contributed by atoms with Gasteiger partial charge in [-0.2, -0.15) is 0 Å². The average Bonchev–Trinajstić information content (AvgIpc) is 2.82. The van der Waals surface area contributed by atoms with E-state index in [1.165, 1.54) is 11.6 Å². The Morgan fingerprint density at radius 3 is 2.28 bits per heavy atom. The number of aliphatic carboxylic acids is 1. The Morgan fingerprint density at radius 1 is 0.875 bits per heavy atom. The van der Waals surface area contributed by atoms with Gasteiger partial charge in [0, 0.05) is 17.7 Å². The van der Waals surface area contributed by atoms with E-state index in [1.807, 2.05) is 60.7 Å². The van der Waals surface area contributed by atoms with Gasteiger partial charge >= 0.3 is 5.97 Å². The zero-order chi connectivity index (χ0) is 22.5. The van der Waals surface area contributed by atoms with E-state index < -0.39 is 5.97 Å². The molecule has 0 aliphatic rings. The molecule has 0 unspecified atom stereocenters. The van der Waals surface area contributed by atoms with Crippen LogP contribution in [0.25, 0.3) is 28.1 Å². The second-order valence-corrected chi connectivity index (χ2v) is 7.49. The van der Waals surface area contributed by atoms with Crippen LogP contribution in [0.1, 0.15) is 35.6 Å². The SMILES string of the molecule is CCC(=C(c1ccc(C=CC(=O)O)cc1)c1ccc2[nH]c(=O)ccc2c1)c1ccccc1. The summed E-state index contributed by atoms with van der Waals surface area (Å²) in [4.78, 5) is 25.4. The van der Waals surface area contributed by atoms with Gasteiger partial charge in [-0.3, -0.25) is 4.79 Å². The Kier molecular flexibility index (Phi) is 6.13. The van der Waals surface area contributed by atoms with Crippen molar-refractivity contribution in [2.45, 2.75) is 13.3 Å². The maximum absolute atomic E-state index is 11.7. The molecule has 32 heavy (non-hydrogen) atoms. The molecular weight excluding hydrogens is 398 g/mol. The molecular formula is C28H23NO3. The zero-order valence-electron chi connectivity index (χ0n) is 17.7. The van der Waals surface area contributed by atoms with Gasteiger partial charge in [0.25, 0.3) is 0 Å². The average molecular weight is 421 g/mol. The van der Waals surface area contributed by atoms with Crippen LogP contribution < -0.4 is 5.56 Å². The lowest BCUT2D eigenvalue weighted by Gasteiger charge is -2.17. The Bertz CT molecular complexity index is 1380. The summed E-state index contributed by atoms with van der Waals surface area (Å²) in [7, 11) is 0. The number of carbonyl (C=O) groups is 1. The van der Waals surface area contributed by atoms with E-state index in [9.17, 15) is 9.59 Å². The molecule has 0 fully saturated rings. The molecule has 4 aromatic rings. The highest BCUT2D eigenvalue weighted by atomic mass is 16.4. The Labute approximate surface area is 186 Å². The number of nitrogens with one attached hydrogen (secondary N) is 1. The topological polar surface area (TPSA) is 70.2 Å². The van der Waals surface area contributed by atoms with Crippen molar-refractivity contribution in [2.75, 3.05) is 0 Å². The maximum Gasteiger partial charge on any atom is 0.328 e. The lowest BCUT2D eigenvalue weighted by molar-refractivity contribution is -0.131. The molecule has 0 radical (unpaired) electrons. The summed E-state index contributed by atoms with van der Waals surface area (Å²) in [6, 6.07) is 27.6. The number of benzene rings is 3. The van der Waals surface area contributed by atoms with E-state index in [0.717, 1.165) is 51.2 Å². The Balaban J connectivity index is 1.91. The molecule has 4 heteroatoms. The van der Waals surface area contributed by atoms with Crippen molar-refractivity contribution >= 4 is 34.1 Å². The van der Waals surface area contributed by atoms with Crippen LogP contribution in [0.5, 0.6) is 0 Å². The molecule has 4 rings (SSSR count). The number of allylic oxidation sites excluding steroid dienone is 1. The van der Waals surface area contributed by atoms with Crippen LogP contribution in [0.15, 0.2) is 95.8 Å². The third kappa shape index (κ3) is 4.60. The minimum absolute atomic E-state index is 0.121. The first-order valence-electron chi connectivity index (χ1n) is 10.5. The fourth-order valence-corrected chi connectivity index (χ4v) is 3.92. The van der Waals surface area contributed by atoms with Crippen molar-refractivity contribution in [3.8, 4) is 0 Å². The monoisotopic (exact) mass is 421 g/mol. The zero-order valence-corrected chi connectivity index (χ0v) is 17.7. The maximum atomic E-state index is 11.7. The van der Waals surface area contributed by atoms with E-state index in [2.05, 4.69) is 30.1 Å². The minimum atomic E-state index is -0.971. The van der Waals surface area contributed by atoms with Crippen molar-refractivity contribution < 1.29 is 9.90 Å². The number of hydrogen-bond acceptors (Lipinski definition) is 2. The predicted molar refractivity (Wildman–Crippen MR) is 130 cm³/mol. The molecule has 3 aromatic carbocycles. The van der Waals surface area contributed by atoms with Crippen molar-refractivity contribution in [2.24, 2.45) is 0 Å². The molecule has 0 amide bonds. The molecule has 158 valence electrons. The fraction of sp³-hybridized carbons (Fsp3) is 0.0714. The number of H-pyrrole nitrogens is 1. The fourth-order valence-electron chi connectivity index (χ4n) is 3.92. The summed E-state index contributed by atoms with van der Waals surface area (Å²) < 4.78 is 0. The van der Waals surface area contributed by atoms with Crippen LogP contribution in [-0.4, -0.2) is 16.1 Å². The molecule has 2 N–H and O–H groups in total. The number of rotatable bonds is 6. The van der Waals surface area contributed by atoms with Gasteiger partial charge < -0.3 is 10.1 Å². The van der Waals surface area contributed by atoms with Gasteiger partial charge in [-0.15, -0.1) is 0 Å². The van der Waals surface area contributed by atoms with Gasteiger partial charge in [-0.1, -0.05) is 67.6 Å². The second kappa shape index (κ2) is 9.31. The molecule has 0 aliphatic carbocycles. The third-order valence-electron chi connectivity index (χ3n) is 5.41. The summed E-state index contributed by atoms with van der Waals surface area (Å²) in [5.41, 5.74) is 7.08. The molecule has 4 nitrogen and oxygen atoms in total. The smallest absolute Gasteiger partial charge is 0.328 e. The van der Waals surface area contributed by atoms with Crippen LogP contribution in [-0.2, 0) is 4.79 Å². The van der Waals surface area contributed by atoms with Gasteiger partial charge in [0.05, 0.1) is 0 Å². The van der Waals surface area contributed by atoms with E-state index in [4.69, 9.17) is 5.11 Å². The largest absolute Gasteiger partial charge is 0.478 e. The number of aromatic nitrogens is 1. The molecule has 0 spiro atoms. The lowest BCUT2D eigenvalue weighted by atomic mass is 9.87. The van der Waals surface area contributed by atoms with Crippen molar-refractivity contribution in [1.29, 1.82) is 0 Å². The quantitative estimate of drug-likeness (QED) is 0.296. The number of carboxylic acids is 1. The minimum Gasteiger partial charge on any atom is -0.478 e. The standard InChI is InChI=1S/C28H23NO3/c1-2-24(20-6-4-3-5-7-20)28(21-11-8-19(9-12-21)10-17-27(31)32)23-13-15-25-22(18-23)14-16-26(30)29-25/h3-18H,2H2,1H3,(H,29,30)(H,31,32). The number of hydrogen-bond donors (Lipinski definition) is 2. The molecule has 0 saturated heterocycles. The number of aromatic amines is 1. The highest BCUT2D eigenvalue weighted by Gasteiger charge is 2.14. The summed E-state index contributed by atoms with van der Waals surface area (Å²) in [6.07, 6.45) is 3.56. The highest BCUT2D eigenvalue weighted by molar-refractivity contribution is 6.00. The van der Waals surface area contributed by atoms with Crippen molar-refractivity contribution in [1.82, 2.24) is 4.98 Å². The lowest BCUT2D eigenvalue weighted by Crippen LogP contribution is -2.02. The molecule has 1 aromatic heterocycles. The van der Waals surface area contributed by atoms with Gasteiger partial charge in [0.1, 0.15) is 0 Å². The number of carboxylic acid groups (broad SMARTS) is 1. The number of pyridine rings is 1. The van der Waals surface area contributed by atoms with Gasteiger partial charge in [-0.25, -0.2) is 4.79 Å². The van der Waals surface area contributed by atoms with Crippen LogP contribution in [0, 0.1) is 0 Å². The van der Waals surface area contributed by atoms with E-state index in [0.29, 0.717) is 0 Å². The highest BCUT2D eigenvalue weighted by Crippen LogP contribution is 2.35. The van der Waals surface area contributed by atoms with E-state index >= 15 is 0 Å². The van der Waals surface area contributed by atoms with Crippen molar-refractivity contribution in [3.05, 3.63) is 124 Å². The Morgan fingerprint density at radius 2 is 1.59 bits per heavy atom. The van der Waals surface area contributed by atoms with E-state index in [-0.39, 0.29) is 5.56 Å². The summed E-state index contributed by atoms with van der Waals surface area (Å²) in [5.74, 6) is -0.971. The molecule has 0 atom stereocenters. The van der Waals surface area contributed by atoms with Crippen molar-refractivity contribution in [3.63, 3.8) is 0 Å². The molecule has 0 aliphatic heterocycles. The Hall–Kier alpha value is -4.18. The van der Waals surface area contributed by atoms with Gasteiger partial charge in [-0.05, 0) is 69.5 Å². The number of fused-ring (bicyclic) bond motifs is 1. The third-order valence-corrected chi connectivity index (χ3v) is 5.41. The summed E-state index contributed by atoms with van der Waals surface area (Å²) >= 11 is 0. The first-order chi connectivity index (χ1) is 15.5. The summed E-state index contributed by atoms with van der Waals surface area (Å²) in [5, 5.41) is 9.85. The first kappa shape index (κ1) is 21.1. The first-order valence-corrected chi connectivity index (χ1v) is 10.5. The molecule has 1 heterocycles. The van der Waals surface area contributed by atoms with Gasteiger partial charge in [0.15, 0.2) is 0 Å². The molecule has 0 saturated carbocycles. The second-order valence-electron chi connectivity index (χ2n) is 7.49. The molecule has 0 bridgehead atoms.